The number of thiophene rings is 1. The fourth-order valence-electron chi connectivity index (χ4n) is 2.78. The van der Waals surface area contributed by atoms with E-state index in [9.17, 15) is 14.9 Å². The van der Waals surface area contributed by atoms with E-state index in [0.29, 0.717) is 11.3 Å². The van der Waals surface area contributed by atoms with Gasteiger partial charge in [-0.2, -0.15) is 0 Å². The highest BCUT2D eigenvalue weighted by Gasteiger charge is 2.20. The van der Waals surface area contributed by atoms with Crippen molar-refractivity contribution in [2.75, 3.05) is 5.32 Å². The van der Waals surface area contributed by atoms with Gasteiger partial charge in [0.2, 0.25) is 0 Å². The Morgan fingerprint density at radius 3 is 2.82 bits per heavy atom. The molecule has 3 rings (SSSR count). The van der Waals surface area contributed by atoms with Gasteiger partial charge in [0.15, 0.2) is 0 Å². The van der Waals surface area contributed by atoms with Crippen molar-refractivity contribution in [1.29, 1.82) is 0 Å². The molecule has 0 spiro atoms. The zero-order chi connectivity index (χ0) is 15.7. The van der Waals surface area contributed by atoms with E-state index < -0.39 is 4.92 Å². The molecule has 1 heterocycles. The topological polar surface area (TPSA) is 72.2 Å². The van der Waals surface area contributed by atoms with Gasteiger partial charge in [0.25, 0.3) is 11.6 Å². The lowest BCUT2D eigenvalue weighted by atomic mass is 9.95. The number of hydrogen-bond acceptors (Lipinski definition) is 4. The van der Waals surface area contributed by atoms with Crippen LogP contribution in [0, 0.1) is 17.0 Å². The standard InChI is InChI=1S/C16H16N2O3S/c1-10-8-11(18(20)21)6-7-14(10)17-16(19)13-9-22-15-5-3-2-4-12(13)15/h6-9H,2-5H2,1H3,(H,17,19). The lowest BCUT2D eigenvalue weighted by Gasteiger charge is -2.13. The molecule has 2 aromatic rings. The van der Waals surface area contributed by atoms with Crippen LogP contribution >= 0.6 is 11.3 Å². The Morgan fingerprint density at radius 1 is 1.32 bits per heavy atom. The highest BCUT2D eigenvalue weighted by molar-refractivity contribution is 7.10. The molecule has 1 N–H and O–H groups in total. The molecule has 0 aliphatic heterocycles. The SMILES string of the molecule is Cc1cc([N+](=O)[O-])ccc1NC(=O)c1csc2c1CCCC2. The zero-order valence-corrected chi connectivity index (χ0v) is 13.0. The molecule has 1 amide bonds. The second-order valence-electron chi connectivity index (χ2n) is 5.47. The van der Waals surface area contributed by atoms with Crippen LogP contribution in [-0.2, 0) is 12.8 Å². The fourth-order valence-corrected chi connectivity index (χ4v) is 3.90. The molecule has 0 unspecified atom stereocenters. The average Bonchev–Trinajstić information content (AvgIpc) is 2.93. The van der Waals surface area contributed by atoms with Crippen molar-refractivity contribution in [2.24, 2.45) is 0 Å². The van der Waals surface area contributed by atoms with Crippen molar-refractivity contribution in [1.82, 2.24) is 0 Å². The molecule has 1 aliphatic rings. The third-order valence-electron chi connectivity index (χ3n) is 3.97. The predicted octanol–water partition coefficient (Wildman–Crippen LogP) is 4.10. The fraction of sp³-hybridized carbons (Fsp3) is 0.312. The normalized spacial score (nSPS) is 13.5. The minimum absolute atomic E-state index is 0.0309. The Hall–Kier alpha value is -2.21. The Balaban J connectivity index is 1.83. The number of amides is 1. The number of rotatable bonds is 3. The number of nitrogens with one attached hydrogen (secondary N) is 1. The molecule has 0 radical (unpaired) electrons. The lowest BCUT2D eigenvalue weighted by Crippen LogP contribution is -2.15. The second-order valence-corrected chi connectivity index (χ2v) is 6.43. The molecule has 0 bridgehead atoms. The maximum atomic E-state index is 12.5. The van der Waals surface area contributed by atoms with Crippen LogP contribution in [0.1, 0.15) is 39.2 Å². The number of carbonyl (C=O) groups is 1. The van der Waals surface area contributed by atoms with Gasteiger partial charge in [-0.25, -0.2) is 0 Å². The van der Waals surface area contributed by atoms with Gasteiger partial charge in [0, 0.05) is 28.1 Å². The van der Waals surface area contributed by atoms with Crippen molar-refractivity contribution in [2.45, 2.75) is 32.6 Å². The number of non-ortho nitro benzene ring substituents is 1. The first-order valence-corrected chi connectivity index (χ1v) is 8.10. The summed E-state index contributed by atoms with van der Waals surface area (Å²) in [5.41, 5.74) is 3.26. The third kappa shape index (κ3) is 2.74. The number of nitrogens with zero attached hydrogens (tertiary/aromatic N) is 1. The molecule has 22 heavy (non-hydrogen) atoms. The molecule has 114 valence electrons. The van der Waals surface area contributed by atoms with E-state index in [0.717, 1.165) is 24.8 Å². The number of nitro benzene ring substituents is 1. The summed E-state index contributed by atoms with van der Waals surface area (Å²) in [4.78, 5) is 24.1. The highest BCUT2D eigenvalue weighted by atomic mass is 32.1. The third-order valence-corrected chi connectivity index (χ3v) is 5.06. The van der Waals surface area contributed by atoms with E-state index in [1.807, 2.05) is 5.38 Å². The van der Waals surface area contributed by atoms with E-state index in [1.165, 1.54) is 29.0 Å². The smallest absolute Gasteiger partial charge is 0.269 e. The van der Waals surface area contributed by atoms with E-state index in [4.69, 9.17) is 0 Å². The molecule has 0 saturated carbocycles. The molecule has 1 aliphatic carbocycles. The van der Waals surface area contributed by atoms with E-state index in [1.54, 1.807) is 24.3 Å². The first kappa shape index (κ1) is 14.7. The number of hydrogen-bond donors (Lipinski definition) is 1. The Labute approximate surface area is 132 Å². The number of aryl methyl sites for hydroxylation is 2. The number of carbonyl (C=O) groups excluding carboxylic acids is 1. The molecule has 1 aromatic carbocycles. The number of nitro groups is 1. The van der Waals surface area contributed by atoms with Gasteiger partial charge in [-0.15, -0.1) is 11.3 Å². The summed E-state index contributed by atoms with van der Waals surface area (Å²) in [6.45, 7) is 1.76. The number of benzene rings is 1. The van der Waals surface area contributed by atoms with Crippen LogP contribution in [0.5, 0.6) is 0 Å². The Bertz CT molecular complexity index is 752. The monoisotopic (exact) mass is 316 g/mol. The first-order valence-electron chi connectivity index (χ1n) is 7.22. The summed E-state index contributed by atoms with van der Waals surface area (Å²) < 4.78 is 0. The van der Waals surface area contributed by atoms with Crippen molar-refractivity contribution < 1.29 is 9.72 Å². The van der Waals surface area contributed by atoms with E-state index in [2.05, 4.69) is 5.32 Å². The van der Waals surface area contributed by atoms with Gasteiger partial charge in [-0.3, -0.25) is 14.9 Å². The van der Waals surface area contributed by atoms with Crippen molar-refractivity contribution in [3.8, 4) is 0 Å². The summed E-state index contributed by atoms with van der Waals surface area (Å²) in [6.07, 6.45) is 4.33. The van der Waals surface area contributed by atoms with E-state index in [-0.39, 0.29) is 11.6 Å². The number of fused-ring (bicyclic) bond motifs is 1. The van der Waals surface area contributed by atoms with Crippen LogP contribution < -0.4 is 5.32 Å². The van der Waals surface area contributed by atoms with Crippen LogP contribution in [0.2, 0.25) is 0 Å². The van der Waals surface area contributed by atoms with Crippen LogP contribution in [0.15, 0.2) is 23.6 Å². The van der Waals surface area contributed by atoms with Crippen molar-refractivity contribution in [3.63, 3.8) is 0 Å². The van der Waals surface area contributed by atoms with Crippen LogP contribution in [0.25, 0.3) is 0 Å². The van der Waals surface area contributed by atoms with Gasteiger partial charge in [-0.1, -0.05) is 0 Å². The second kappa shape index (κ2) is 5.88. The number of anilines is 1. The molecular weight excluding hydrogens is 300 g/mol. The van der Waals surface area contributed by atoms with Gasteiger partial charge in [-0.05, 0) is 49.8 Å². The van der Waals surface area contributed by atoms with Crippen molar-refractivity contribution >= 4 is 28.6 Å². The minimum Gasteiger partial charge on any atom is -0.322 e. The van der Waals surface area contributed by atoms with Gasteiger partial charge < -0.3 is 5.32 Å². The molecule has 1 aromatic heterocycles. The van der Waals surface area contributed by atoms with Gasteiger partial charge >= 0.3 is 0 Å². The largest absolute Gasteiger partial charge is 0.322 e. The Kier molecular flexibility index (Phi) is 3.94. The average molecular weight is 316 g/mol. The van der Waals surface area contributed by atoms with E-state index >= 15 is 0 Å². The molecule has 6 heteroatoms. The summed E-state index contributed by atoms with van der Waals surface area (Å²) in [5, 5.41) is 15.6. The molecule has 0 fully saturated rings. The maximum Gasteiger partial charge on any atom is 0.269 e. The molecule has 5 nitrogen and oxygen atoms in total. The highest BCUT2D eigenvalue weighted by Crippen LogP contribution is 2.31. The zero-order valence-electron chi connectivity index (χ0n) is 12.2. The molecule has 0 atom stereocenters. The van der Waals surface area contributed by atoms with Crippen LogP contribution in [0.4, 0.5) is 11.4 Å². The minimum atomic E-state index is -0.437. The van der Waals surface area contributed by atoms with Crippen LogP contribution in [-0.4, -0.2) is 10.8 Å². The summed E-state index contributed by atoms with van der Waals surface area (Å²) in [7, 11) is 0. The summed E-state index contributed by atoms with van der Waals surface area (Å²) >= 11 is 1.65. The maximum absolute atomic E-state index is 12.5. The summed E-state index contributed by atoms with van der Waals surface area (Å²) in [6, 6.07) is 4.47. The van der Waals surface area contributed by atoms with Crippen LogP contribution in [0.3, 0.4) is 0 Å². The predicted molar refractivity (Wildman–Crippen MR) is 86.7 cm³/mol. The Morgan fingerprint density at radius 2 is 2.09 bits per heavy atom. The summed E-state index contributed by atoms with van der Waals surface area (Å²) in [5.74, 6) is -0.128. The molecular formula is C16H16N2O3S. The van der Waals surface area contributed by atoms with Gasteiger partial charge in [0.05, 0.1) is 10.5 Å². The quantitative estimate of drug-likeness (QED) is 0.684. The molecule has 0 saturated heterocycles. The van der Waals surface area contributed by atoms with Crippen molar-refractivity contribution in [3.05, 3.63) is 55.3 Å². The van der Waals surface area contributed by atoms with Gasteiger partial charge in [0.1, 0.15) is 0 Å². The first-order chi connectivity index (χ1) is 10.6. The lowest BCUT2D eigenvalue weighted by molar-refractivity contribution is -0.384.